The second kappa shape index (κ2) is 5.24. The van der Waals surface area contributed by atoms with Crippen LogP contribution in [0.25, 0.3) is 0 Å². The van der Waals surface area contributed by atoms with Crippen LogP contribution in [0, 0.1) is 5.82 Å². The number of halogens is 1. The van der Waals surface area contributed by atoms with Crippen molar-refractivity contribution >= 4 is 12.3 Å². The van der Waals surface area contributed by atoms with Crippen molar-refractivity contribution in [2.24, 2.45) is 0 Å². The van der Waals surface area contributed by atoms with Gasteiger partial charge < -0.3 is 4.74 Å². The number of carbonyl (C=O) groups excluding carboxylic acids is 2. The Morgan fingerprint density at radius 3 is 2.80 bits per heavy atom. The van der Waals surface area contributed by atoms with Crippen LogP contribution in [-0.2, 0) is 16.0 Å². The summed E-state index contributed by atoms with van der Waals surface area (Å²) in [6.07, 6.45) is 0.441. The summed E-state index contributed by atoms with van der Waals surface area (Å²) < 4.78 is 18.0. The minimum atomic E-state index is -0.562. The van der Waals surface area contributed by atoms with E-state index in [1.54, 1.807) is 6.92 Å². The lowest BCUT2D eigenvalue weighted by Gasteiger charge is -2.03. The van der Waals surface area contributed by atoms with Crippen LogP contribution in [0.3, 0.4) is 0 Å². The predicted octanol–water partition coefficient (Wildman–Crippen LogP) is 1.74. The second-order valence-corrected chi connectivity index (χ2v) is 2.95. The van der Waals surface area contributed by atoms with Crippen molar-refractivity contribution in [1.82, 2.24) is 0 Å². The molecule has 4 heteroatoms. The molecule has 0 unspecified atom stereocenters. The lowest BCUT2D eigenvalue weighted by molar-refractivity contribution is -0.142. The third-order valence-electron chi connectivity index (χ3n) is 1.85. The first-order chi connectivity index (χ1) is 7.17. The molecule has 0 saturated heterocycles. The van der Waals surface area contributed by atoms with Crippen LogP contribution < -0.4 is 0 Å². The molecule has 80 valence electrons. The van der Waals surface area contributed by atoms with Gasteiger partial charge in [-0.05, 0) is 18.6 Å². The molecular weight excluding hydrogens is 199 g/mol. The lowest BCUT2D eigenvalue weighted by atomic mass is 10.1. The number of rotatable bonds is 4. The number of carbonyl (C=O) groups is 2. The van der Waals surface area contributed by atoms with E-state index in [0.717, 1.165) is 6.07 Å². The minimum absolute atomic E-state index is 0.112. The van der Waals surface area contributed by atoms with E-state index in [1.165, 1.54) is 12.1 Å². The highest BCUT2D eigenvalue weighted by atomic mass is 19.1. The Balaban J connectivity index is 2.78. The van der Waals surface area contributed by atoms with Gasteiger partial charge in [0, 0.05) is 5.56 Å². The van der Waals surface area contributed by atoms with Crippen molar-refractivity contribution in [1.29, 1.82) is 0 Å². The predicted molar refractivity (Wildman–Crippen MR) is 52.1 cm³/mol. The highest BCUT2D eigenvalue weighted by Gasteiger charge is 2.09. The third kappa shape index (κ3) is 3.16. The molecule has 0 heterocycles. The molecule has 0 spiro atoms. The Labute approximate surface area is 86.9 Å². The smallest absolute Gasteiger partial charge is 0.310 e. The van der Waals surface area contributed by atoms with Gasteiger partial charge in [-0.1, -0.05) is 12.1 Å². The van der Waals surface area contributed by atoms with E-state index in [-0.39, 0.29) is 24.2 Å². The zero-order chi connectivity index (χ0) is 11.3. The van der Waals surface area contributed by atoms with Gasteiger partial charge in [-0.2, -0.15) is 0 Å². The SMILES string of the molecule is CCOC(=O)Cc1ccc(C=O)cc1F. The zero-order valence-electron chi connectivity index (χ0n) is 8.33. The quantitative estimate of drug-likeness (QED) is 0.561. The molecule has 1 aromatic rings. The summed E-state index contributed by atoms with van der Waals surface area (Å²) in [7, 11) is 0. The van der Waals surface area contributed by atoms with Crippen molar-refractivity contribution in [3.05, 3.63) is 35.1 Å². The van der Waals surface area contributed by atoms with E-state index in [2.05, 4.69) is 4.74 Å². The monoisotopic (exact) mass is 210 g/mol. The first-order valence-electron chi connectivity index (χ1n) is 4.56. The molecule has 0 saturated carbocycles. The normalized spacial score (nSPS) is 9.73. The molecular formula is C11H11FO3. The Hall–Kier alpha value is -1.71. The van der Waals surface area contributed by atoms with Gasteiger partial charge in [0.15, 0.2) is 0 Å². The number of hydrogen-bond donors (Lipinski definition) is 0. The van der Waals surface area contributed by atoms with Crippen LogP contribution in [0.15, 0.2) is 18.2 Å². The summed E-state index contributed by atoms with van der Waals surface area (Å²) in [5, 5.41) is 0. The molecule has 1 aromatic carbocycles. The van der Waals surface area contributed by atoms with Crippen molar-refractivity contribution in [3.8, 4) is 0 Å². The molecule has 0 N–H and O–H groups in total. The van der Waals surface area contributed by atoms with Gasteiger partial charge in [0.05, 0.1) is 13.0 Å². The van der Waals surface area contributed by atoms with E-state index < -0.39 is 11.8 Å². The Bertz CT molecular complexity index is 374. The molecule has 0 aliphatic heterocycles. The zero-order valence-corrected chi connectivity index (χ0v) is 8.33. The lowest BCUT2D eigenvalue weighted by Crippen LogP contribution is -2.08. The van der Waals surface area contributed by atoms with Crippen LogP contribution in [0.5, 0.6) is 0 Å². The summed E-state index contributed by atoms with van der Waals surface area (Å²) in [5.41, 5.74) is 0.485. The molecule has 0 amide bonds. The molecule has 0 aliphatic carbocycles. The molecule has 0 aromatic heterocycles. The Kier molecular flexibility index (Phi) is 3.97. The van der Waals surface area contributed by atoms with E-state index in [0.29, 0.717) is 6.29 Å². The number of ether oxygens (including phenoxy) is 1. The molecule has 0 atom stereocenters. The fourth-order valence-electron chi connectivity index (χ4n) is 1.15. The molecule has 3 nitrogen and oxygen atoms in total. The third-order valence-corrected chi connectivity index (χ3v) is 1.85. The molecule has 15 heavy (non-hydrogen) atoms. The molecule has 1 rings (SSSR count). The maximum atomic E-state index is 13.3. The van der Waals surface area contributed by atoms with Gasteiger partial charge in [0.2, 0.25) is 0 Å². The van der Waals surface area contributed by atoms with E-state index in [4.69, 9.17) is 0 Å². The summed E-state index contributed by atoms with van der Waals surface area (Å²) in [5.74, 6) is -1.04. The van der Waals surface area contributed by atoms with Gasteiger partial charge in [0.1, 0.15) is 12.1 Å². The largest absolute Gasteiger partial charge is 0.466 e. The topological polar surface area (TPSA) is 43.4 Å². The summed E-state index contributed by atoms with van der Waals surface area (Å²) in [6.45, 7) is 1.95. The van der Waals surface area contributed by atoms with Crippen LogP contribution in [-0.4, -0.2) is 18.9 Å². The van der Waals surface area contributed by atoms with Crippen molar-refractivity contribution in [2.45, 2.75) is 13.3 Å². The van der Waals surface area contributed by atoms with Gasteiger partial charge >= 0.3 is 5.97 Å². The molecule has 0 bridgehead atoms. The maximum Gasteiger partial charge on any atom is 0.310 e. The first kappa shape index (κ1) is 11.4. The highest BCUT2D eigenvalue weighted by Crippen LogP contribution is 2.10. The van der Waals surface area contributed by atoms with E-state index in [9.17, 15) is 14.0 Å². The van der Waals surface area contributed by atoms with E-state index >= 15 is 0 Å². The fraction of sp³-hybridized carbons (Fsp3) is 0.273. The van der Waals surface area contributed by atoms with Gasteiger partial charge in [-0.25, -0.2) is 4.39 Å². The van der Waals surface area contributed by atoms with Crippen LogP contribution in [0.2, 0.25) is 0 Å². The first-order valence-corrected chi connectivity index (χ1v) is 4.56. The van der Waals surface area contributed by atoms with Gasteiger partial charge in [0.25, 0.3) is 0 Å². The van der Waals surface area contributed by atoms with Crippen molar-refractivity contribution in [3.63, 3.8) is 0 Å². The Morgan fingerprint density at radius 2 is 2.27 bits per heavy atom. The molecule has 0 radical (unpaired) electrons. The van der Waals surface area contributed by atoms with Crippen molar-refractivity contribution < 1.29 is 18.7 Å². The number of hydrogen-bond acceptors (Lipinski definition) is 3. The molecule has 0 aliphatic rings. The Morgan fingerprint density at radius 1 is 1.53 bits per heavy atom. The number of aldehydes is 1. The van der Waals surface area contributed by atoms with Crippen LogP contribution in [0.1, 0.15) is 22.8 Å². The highest BCUT2D eigenvalue weighted by molar-refractivity contribution is 5.76. The summed E-state index contributed by atoms with van der Waals surface area (Å²) >= 11 is 0. The van der Waals surface area contributed by atoms with Crippen LogP contribution in [0.4, 0.5) is 4.39 Å². The minimum Gasteiger partial charge on any atom is -0.466 e. The number of benzene rings is 1. The standard InChI is InChI=1S/C11H11FO3/c1-2-15-11(14)6-9-4-3-8(7-13)5-10(9)12/h3-5,7H,2,6H2,1H3. The number of esters is 1. The average molecular weight is 210 g/mol. The van der Waals surface area contributed by atoms with E-state index in [1.807, 2.05) is 0 Å². The molecule has 0 fully saturated rings. The maximum absolute atomic E-state index is 13.3. The van der Waals surface area contributed by atoms with Crippen LogP contribution >= 0.6 is 0 Å². The average Bonchev–Trinajstić information content (AvgIpc) is 2.21. The second-order valence-electron chi connectivity index (χ2n) is 2.95. The fourth-order valence-corrected chi connectivity index (χ4v) is 1.15. The summed E-state index contributed by atoms with van der Waals surface area (Å²) in [4.78, 5) is 21.4. The van der Waals surface area contributed by atoms with Crippen molar-refractivity contribution in [2.75, 3.05) is 6.61 Å². The van der Waals surface area contributed by atoms with Gasteiger partial charge in [-0.15, -0.1) is 0 Å². The summed E-state index contributed by atoms with van der Waals surface area (Å²) in [6, 6.07) is 3.97. The van der Waals surface area contributed by atoms with Gasteiger partial charge in [-0.3, -0.25) is 9.59 Å².